The third-order valence-corrected chi connectivity index (χ3v) is 4.13. The van der Waals surface area contributed by atoms with Crippen molar-refractivity contribution >= 4 is 10.8 Å². The van der Waals surface area contributed by atoms with Crippen LogP contribution in [0.1, 0.15) is 11.4 Å². The van der Waals surface area contributed by atoms with E-state index in [-0.39, 0.29) is 5.69 Å². The smallest absolute Gasteiger partial charge is 0.312 e. The highest BCUT2D eigenvalue weighted by Crippen LogP contribution is 2.21. The molecule has 0 fully saturated rings. The van der Waals surface area contributed by atoms with Crippen LogP contribution in [0, 0.1) is 0 Å². The molecule has 4 rings (SSSR count). The molecule has 0 aliphatic carbocycles. The Bertz CT molecular complexity index is 1070. The van der Waals surface area contributed by atoms with Gasteiger partial charge in [0.05, 0.1) is 0 Å². The van der Waals surface area contributed by atoms with Gasteiger partial charge in [0, 0.05) is 43.0 Å². The van der Waals surface area contributed by atoms with Crippen LogP contribution in [0.3, 0.4) is 0 Å². The fourth-order valence-electron chi connectivity index (χ4n) is 2.79. The number of aromatic amines is 2. The van der Waals surface area contributed by atoms with Crippen molar-refractivity contribution < 1.29 is 0 Å². The Kier molecular flexibility index (Phi) is 4.53. The third-order valence-electron chi connectivity index (χ3n) is 4.13. The number of benzene rings is 2. The first-order valence-electron chi connectivity index (χ1n) is 8.42. The molecule has 26 heavy (non-hydrogen) atoms. The third kappa shape index (κ3) is 3.68. The summed E-state index contributed by atoms with van der Waals surface area (Å²) in [6.07, 6.45) is 4.32. The second-order valence-electron chi connectivity index (χ2n) is 6.03. The minimum Gasteiger partial charge on any atom is -0.312 e. The Morgan fingerprint density at radius 3 is 2.58 bits per heavy atom. The van der Waals surface area contributed by atoms with Crippen molar-refractivity contribution in [3.05, 3.63) is 76.7 Å². The topological polar surface area (TPSA) is 99.3 Å². The van der Waals surface area contributed by atoms with Gasteiger partial charge in [-0.3, -0.25) is 4.98 Å². The lowest BCUT2D eigenvalue weighted by molar-refractivity contribution is 0.668. The van der Waals surface area contributed by atoms with Gasteiger partial charge in [0.2, 0.25) is 0 Å². The predicted octanol–water partition coefficient (Wildman–Crippen LogP) is 2.04. The van der Waals surface area contributed by atoms with Crippen molar-refractivity contribution in [2.24, 2.45) is 0 Å². The van der Waals surface area contributed by atoms with E-state index in [4.69, 9.17) is 0 Å². The Labute approximate surface area is 149 Å². The van der Waals surface area contributed by atoms with Crippen molar-refractivity contribution in [1.82, 2.24) is 30.5 Å². The van der Waals surface area contributed by atoms with Crippen LogP contribution in [-0.4, -0.2) is 31.7 Å². The Morgan fingerprint density at radius 2 is 1.81 bits per heavy atom. The first-order chi connectivity index (χ1) is 12.8. The maximum atomic E-state index is 11.0. The van der Waals surface area contributed by atoms with Gasteiger partial charge in [-0.2, -0.15) is 5.10 Å². The number of hydrogen-bond acceptors (Lipinski definition) is 5. The molecule has 0 aliphatic heterocycles. The van der Waals surface area contributed by atoms with Crippen molar-refractivity contribution in [3.63, 3.8) is 0 Å². The molecule has 2 aromatic carbocycles. The number of H-pyrrole nitrogens is 2. The molecule has 0 saturated heterocycles. The van der Waals surface area contributed by atoms with Crippen LogP contribution in [0.15, 0.2) is 59.7 Å². The van der Waals surface area contributed by atoms with Crippen molar-refractivity contribution in [2.75, 3.05) is 6.54 Å². The Morgan fingerprint density at radius 1 is 1.00 bits per heavy atom. The average Bonchev–Trinajstić information content (AvgIpc) is 3.10. The molecule has 2 aromatic heterocycles. The molecule has 0 amide bonds. The van der Waals surface area contributed by atoms with Gasteiger partial charge in [-0.15, -0.1) is 0 Å². The lowest BCUT2D eigenvalue weighted by Gasteiger charge is -2.05. The van der Waals surface area contributed by atoms with Crippen LogP contribution < -0.4 is 11.0 Å². The summed E-state index contributed by atoms with van der Waals surface area (Å²) in [4.78, 5) is 22.5. The van der Waals surface area contributed by atoms with Gasteiger partial charge in [-0.1, -0.05) is 36.4 Å². The van der Waals surface area contributed by atoms with Gasteiger partial charge >= 0.3 is 5.69 Å². The van der Waals surface area contributed by atoms with E-state index in [1.165, 1.54) is 10.8 Å². The zero-order chi connectivity index (χ0) is 17.8. The standard InChI is InChI=1S/C19H18N6O/c26-19-23-17(24-25-19)7-8-20-10-13-11-21-18(22-12-13)16-6-5-14-3-1-2-4-15(14)9-16/h1-6,9,11-12,20H,7-8,10H2,(H2,23,24,25,26). The molecule has 0 aliphatic rings. The van der Waals surface area contributed by atoms with Crippen LogP contribution in [0.5, 0.6) is 0 Å². The fourth-order valence-corrected chi connectivity index (χ4v) is 2.79. The molecule has 3 N–H and O–H groups in total. The number of nitrogens with one attached hydrogen (secondary N) is 3. The zero-order valence-corrected chi connectivity index (χ0v) is 14.1. The largest absolute Gasteiger partial charge is 0.340 e. The molecule has 130 valence electrons. The maximum absolute atomic E-state index is 11.0. The lowest BCUT2D eigenvalue weighted by Crippen LogP contribution is -2.17. The predicted molar refractivity (Wildman–Crippen MR) is 99.6 cm³/mol. The summed E-state index contributed by atoms with van der Waals surface area (Å²) in [6, 6.07) is 14.5. The molecule has 4 aromatic rings. The van der Waals surface area contributed by atoms with E-state index in [0.717, 1.165) is 11.1 Å². The normalized spacial score (nSPS) is 11.1. The molecule has 7 nitrogen and oxygen atoms in total. The van der Waals surface area contributed by atoms with E-state index in [1.807, 2.05) is 30.6 Å². The van der Waals surface area contributed by atoms with Gasteiger partial charge in [0.15, 0.2) is 5.82 Å². The van der Waals surface area contributed by atoms with Crippen molar-refractivity contribution in [2.45, 2.75) is 13.0 Å². The quantitative estimate of drug-likeness (QED) is 0.464. The molecule has 0 radical (unpaired) electrons. The second-order valence-corrected chi connectivity index (χ2v) is 6.03. The number of rotatable bonds is 6. The van der Waals surface area contributed by atoms with E-state index >= 15 is 0 Å². The Balaban J connectivity index is 1.37. The monoisotopic (exact) mass is 346 g/mol. The number of fused-ring (bicyclic) bond motifs is 1. The molecule has 0 spiro atoms. The first-order valence-corrected chi connectivity index (χ1v) is 8.42. The number of nitrogens with zero attached hydrogens (tertiary/aromatic N) is 3. The van der Waals surface area contributed by atoms with Crippen LogP contribution in [0.25, 0.3) is 22.2 Å². The van der Waals surface area contributed by atoms with E-state index in [9.17, 15) is 4.79 Å². The van der Waals surface area contributed by atoms with Gasteiger partial charge in [-0.05, 0) is 16.8 Å². The average molecular weight is 346 g/mol. The molecule has 7 heteroatoms. The van der Waals surface area contributed by atoms with Gasteiger partial charge in [0.25, 0.3) is 0 Å². The molecular weight excluding hydrogens is 328 g/mol. The fraction of sp³-hybridized carbons (Fsp3) is 0.158. The van der Waals surface area contributed by atoms with Crippen molar-refractivity contribution in [3.8, 4) is 11.4 Å². The van der Waals surface area contributed by atoms with Crippen molar-refractivity contribution in [1.29, 1.82) is 0 Å². The van der Waals surface area contributed by atoms with Gasteiger partial charge < -0.3 is 5.32 Å². The van der Waals surface area contributed by atoms with E-state index in [2.05, 4.69) is 54.7 Å². The maximum Gasteiger partial charge on any atom is 0.340 e. The lowest BCUT2D eigenvalue weighted by atomic mass is 10.1. The summed E-state index contributed by atoms with van der Waals surface area (Å²) >= 11 is 0. The summed E-state index contributed by atoms with van der Waals surface area (Å²) in [7, 11) is 0. The van der Waals surface area contributed by atoms with Crippen LogP contribution in [-0.2, 0) is 13.0 Å². The summed E-state index contributed by atoms with van der Waals surface area (Å²) in [5, 5.41) is 11.9. The highest BCUT2D eigenvalue weighted by molar-refractivity contribution is 5.86. The molecular formula is C19H18N6O. The molecule has 0 unspecified atom stereocenters. The van der Waals surface area contributed by atoms with Crippen LogP contribution in [0.2, 0.25) is 0 Å². The van der Waals surface area contributed by atoms with Gasteiger partial charge in [-0.25, -0.2) is 19.9 Å². The summed E-state index contributed by atoms with van der Waals surface area (Å²) < 4.78 is 0. The molecule has 0 bridgehead atoms. The molecule has 0 atom stereocenters. The minimum atomic E-state index is -0.280. The summed E-state index contributed by atoms with van der Waals surface area (Å²) in [6.45, 7) is 1.36. The highest BCUT2D eigenvalue weighted by atomic mass is 16.1. The molecule has 2 heterocycles. The zero-order valence-electron chi connectivity index (χ0n) is 14.1. The highest BCUT2D eigenvalue weighted by Gasteiger charge is 2.03. The van der Waals surface area contributed by atoms with E-state index < -0.39 is 0 Å². The Hall–Kier alpha value is -3.32. The van der Waals surface area contributed by atoms with E-state index in [0.29, 0.717) is 31.2 Å². The summed E-state index contributed by atoms with van der Waals surface area (Å²) in [5.74, 6) is 1.36. The van der Waals surface area contributed by atoms with Crippen LogP contribution >= 0.6 is 0 Å². The number of aromatic nitrogens is 5. The van der Waals surface area contributed by atoms with Gasteiger partial charge in [0.1, 0.15) is 5.82 Å². The first kappa shape index (κ1) is 16.2. The molecule has 0 saturated carbocycles. The summed E-state index contributed by atoms with van der Waals surface area (Å²) in [5.41, 5.74) is 1.73. The minimum absolute atomic E-state index is 0.280. The SMILES string of the molecule is O=c1[nH]nc(CCNCc2cnc(-c3ccc4ccccc4c3)nc2)[nH]1. The van der Waals surface area contributed by atoms with Crippen LogP contribution in [0.4, 0.5) is 0 Å². The second kappa shape index (κ2) is 7.28. The number of hydrogen-bond donors (Lipinski definition) is 3. The van der Waals surface area contributed by atoms with E-state index in [1.54, 1.807) is 0 Å².